The number of benzene rings is 2. The third-order valence-electron chi connectivity index (χ3n) is 4.89. The quantitative estimate of drug-likeness (QED) is 0.561. The molecule has 0 radical (unpaired) electrons. The Labute approximate surface area is 179 Å². The highest BCUT2D eigenvalue weighted by molar-refractivity contribution is 7.16. The number of hydrogen-bond acceptors (Lipinski definition) is 5. The average molecular weight is 427 g/mol. The SMILES string of the molecule is CCOC(=O)Cn1c(=NC(=O)Cc2cc(C)ccc2OC)sc2cc(C)c(C)cc21. The van der Waals surface area contributed by atoms with Gasteiger partial charge >= 0.3 is 5.97 Å². The van der Waals surface area contributed by atoms with Gasteiger partial charge in [-0.3, -0.25) is 9.59 Å². The summed E-state index contributed by atoms with van der Waals surface area (Å²) in [5, 5.41) is 0. The Bertz CT molecular complexity index is 1170. The van der Waals surface area contributed by atoms with E-state index in [9.17, 15) is 9.59 Å². The number of hydrogen-bond donors (Lipinski definition) is 0. The van der Waals surface area contributed by atoms with Gasteiger partial charge in [0.2, 0.25) is 0 Å². The van der Waals surface area contributed by atoms with Gasteiger partial charge in [-0.05, 0) is 57.0 Å². The molecule has 3 aromatic rings. The van der Waals surface area contributed by atoms with Gasteiger partial charge in [0.1, 0.15) is 12.3 Å². The maximum Gasteiger partial charge on any atom is 0.326 e. The predicted molar refractivity (Wildman–Crippen MR) is 118 cm³/mol. The van der Waals surface area contributed by atoms with E-state index in [0.717, 1.165) is 32.5 Å². The van der Waals surface area contributed by atoms with Crippen LogP contribution in [0.4, 0.5) is 0 Å². The van der Waals surface area contributed by atoms with E-state index in [-0.39, 0.29) is 24.8 Å². The van der Waals surface area contributed by atoms with E-state index in [1.165, 1.54) is 11.3 Å². The lowest BCUT2D eigenvalue weighted by atomic mass is 10.1. The van der Waals surface area contributed by atoms with Crippen LogP contribution in [0, 0.1) is 20.8 Å². The van der Waals surface area contributed by atoms with Crippen molar-refractivity contribution in [1.29, 1.82) is 0 Å². The maximum atomic E-state index is 12.8. The zero-order valence-corrected chi connectivity index (χ0v) is 18.8. The number of carbonyl (C=O) groups excluding carboxylic acids is 2. The lowest BCUT2D eigenvalue weighted by Crippen LogP contribution is -2.23. The number of aryl methyl sites for hydroxylation is 3. The molecule has 1 amide bonds. The molecule has 6 nitrogen and oxygen atoms in total. The minimum atomic E-state index is -0.357. The first-order valence-electron chi connectivity index (χ1n) is 9.79. The number of thiazole rings is 1. The van der Waals surface area contributed by atoms with Crippen molar-refractivity contribution in [3.8, 4) is 5.75 Å². The second kappa shape index (κ2) is 9.26. The molecule has 158 valence electrons. The van der Waals surface area contributed by atoms with Gasteiger partial charge in [-0.2, -0.15) is 4.99 Å². The van der Waals surface area contributed by atoms with E-state index < -0.39 is 0 Å². The predicted octanol–water partition coefficient (Wildman–Crippen LogP) is 3.87. The fraction of sp³-hybridized carbons (Fsp3) is 0.348. The van der Waals surface area contributed by atoms with E-state index in [2.05, 4.69) is 11.1 Å². The summed E-state index contributed by atoms with van der Waals surface area (Å²) in [7, 11) is 1.58. The summed E-state index contributed by atoms with van der Waals surface area (Å²) >= 11 is 1.40. The van der Waals surface area contributed by atoms with Crippen LogP contribution in [-0.2, 0) is 27.3 Å². The number of methoxy groups -OCH3 is 1. The Kier molecular flexibility index (Phi) is 6.72. The highest BCUT2D eigenvalue weighted by atomic mass is 32.1. The largest absolute Gasteiger partial charge is 0.496 e. The van der Waals surface area contributed by atoms with Crippen LogP contribution >= 0.6 is 11.3 Å². The number of ether oxygens (including phenoxy) is 2. The van der Waals surface area contributed by atoms with Crippen molar-refractivity contribution < 1.29 is 19.1 Å². The summed E-state index contributed by atoms with van der Waals surface area (Å²) in [6.07, 6.45) is 0.122. The lowest BCUT2D eigenvalue weighted by molar-refractivity contribution is -0.143. The summed E-state index contributed by atoms with van der Waals surface area (Å²) in [5.74, 6) is 0.00679. The van der Waals surface area contributed by atoms with Crippen molar-refractivity contribution >= 4 is 33.4 Å². The van der Waals surface area contributed by atoms with Crippen LogP contribution in [0.2, 0.25) is 0 Å². The van der Waals surface area contributed by atoms with Gasteiger partial charge in [0.15, 0.2) is 4.80 Å². The van der Waals surface area contributed by atoms with Crippen molar-refractivity contribution in [2.75, 3.05) is 13.7 Å². The molecule has 0 saturated heterocycles. The van der Waals surface area contributed by atoms with Gasteiger partial charge in [-0.15, -0.1) is 0 Å². The molecule has 2 aromatic carbocycles. The summed E-state index contributed by atoms with van der Waals surface area (Å²) in [6.45, 7) is 8.11. The first-order chi connectivity index (χ1) is 14.3. The molecule has 0 aliphatic rings. The highest BCUT2D eigenvalue weighted by Crippen LogP contribution is 2.23. The molecule has 0 fully saturated rings. The number of nitrogens with zero attached hydrogens (tertiary/aromatic N) is 2. The highest BCUT2D eigenvalue weighted by Gasteiger charge is 2.14. The Morgan fingerprint density at radius 2 is 1.83 bits per heavy atom. The minimum Gasteiger partial charge on any atom is -0.496 e. The van der Waals surface area contributed by atoms with Crippen LogP contribution in [0.25, 0.3) is 10.2 Å². The number of aromatic nitrogens is 1. The number of carbonyl (C=O) groups is 2. The Balaban J connectivity index is 2.05. The molecule has 7 heteroatoms. The van der Waals surface area contributed by atoms with Gasteiger partial charge in [0, 0.05) is 5.56 Å². The summed E-state index contributed by atoms with van der Waals surface area (Å²) in [4.78, 5) is 29.8. The van der Waals surface area contributed by atoms with Crippen molar-refractivity contribution in [2.45, 2.75) is 40.7 Å². The van der Waals surface area contributed by atoms with E-state index in [1.54, 1.807) is 18.6 Å². The lowest BCUT2D eigenvalue weighted by Gasteiger charge is -2.08. The molecule has 0 bridgehead atoms. The second-order valence-electron chi connectivity index (χ2n) is 7.18. The van der Waals surface area contributed by atoms with Crippen molar-refractivity contribution in [3.63, 3.8) is 0 Å². The smallest absolute Gasteiger partial charge is 0.326 e. The molecule has 0 N–H and O–H groups in total. The van der Waals surface area contributed by atoms with Gasteiger partial charge in [0.25, 0.3) is 5.91 Å². The molecule has 3 rings (SSSR count). The molecule has 0 atom stereocenters. The van der Waals surface area contributed by atoms with Crippen LogP contribution in [-0.4, -0.2) is 30.2 Å². The fourth-order valence-electron chi connectivity index (χ4n) is 3.25. The van der Waals surface area contributed by atoms with E-state index in [4.69, 9.17) is 9.47 Å². The molecule has 0 aliphatic heterocycles. The topological polar surface area (TPSA) is 69.9 Å². The molecule has 0 unspecified atom stereocenters. The van der Waals surface area contributed by atoms with Crippen molar-refractivity contribution in [1.82, 2.24) is 4.57 Å². The number of esters is 1. The average Bonchev–Trinajstić information content (AvgIpc) is 2.98. The van der Waals surface area contributed by atoms with E-state index in [0.29, 0.717) is 17.2 Å². The van der Waals surface area contributed by atoms with E-state index >= 15 is 0 Å². The van der Waals surface area contributed by atoms with Crippen molar-refractivity contribution in [2.24, 2.45) is 4.99 Å². The first kappa shape index (κ1) is 21.8. The monoisotopic (exact) mass is 426 g/mol. The first-order valence-corrected chi connectivity index (χ1v) is 10.6. The number of amides is 1. The normalized spacial score (nSPS) is 11.7. The zero-order valence-electron chi connectivity index (χ0n) is 17.9. The Morgan fingerprint density at radius 1 is 1.10 bits per heavy atom. The molecule has 0 spiro atoms. The van der Waals surface area contributed by atoms with Gasteiger partial charge in [0.05, 0.1) is 30.4 Å². The van der Waals surface area contributed by atoms with Crippen LogP contribution in [0.1, 0.15) is 29.2 Å². The summed E-state index contributed by atoms with van der Waals surface area (Å²) in [5.41, 5.74) is 4.96. The molecule has 30 heavy (non-hydrogen) atoms. The zero-order chi connectivity index (χ0) is 21.8. The summed E-state index contributed by atoms with van der Waals surface area (Å²) < 4.78 is 13.2. The standard InChI is InChI=1S/C23H26N2O4S/c1-6-29-22(27)13-25-18-10-15(3)16(4)11-20(18)30-23(25)24-21(26)12-17-9-14(2)7-8-19(17)28-5/h7-11H,6,12-13H2,1-5H3. The maximum absolute atomic E-state index is 12.8. The van der Waals surface area contributed by atoms with Crippen LogP contribution in [0.5, 0.6) is 5.75 Å². The fourth-order valence-corrected chi connectivity index (χ4v) is 4.38. The second-order valence-corrected chi connectivity index (χ2v) is 8.19. The third-order valence-corrected chi connectivity index (χ3v) is 5.93. The number of fused-ring (bicyclic) bond motifs is 1. The van der Waals surface area contributed by atoms with Gasteiger partial charge in [-0.1, -0.05) is 29.0 Å². The Morgan fingerprint density at radius 3 is 2.53 bits per heavy atom. The van der Waals surface area contributed by atoms with Crippen LogP contribution in [0.3, 0.4) is 0 Å². The van der Waals surface area contributed by atoms with Crippen LogP contribution < -0.4 is 9.54 Å². The van der Waals surface area contributed by atoms with E-state index in [1.807, 2.05) is 45.0 Å². The molecule has 1 aromatic heterocycles. The van der Waals surface area contributed by atoms with Gasteiger partial charge < -0.3 is 14.0 Å². The third kappa shape index (κ3) is 4.79. The molecule has 0 saturated carbocycles. The molecular weight excluding hydrogens is 400 g/mol. The molecule has 1 heterocycles. The summed E-state index contributed by atoms with van der Waals surface area (Å²) in [6, 6.07) is 9.80. The van der Waals surface area contributed by atoms with Crippen molar-refractivity contribution in [3.05, 3.63) is 57.4 Å². The minimum absolute atomic E-state index is 0.0101. The van der Waals surface area contributed by atoms with Gasteiger partial charge in [-0.25, -0.2) is 0 Å². The molecule has 0 aliphatic carbocycles. The number of rotatable bonds is 6. The molecular formula is C23H26N2O4S. The van der Waals surface area contributed by atoms with Crippen LogP contribution in [0.15, 0.2) is 35.3 Å². The Hall–Kier alpha value is -2.93.